The molecule has 0 saturated heterocycles. The van der Waals surface area contributed by atoms with Gasteiger partial charge < -0.3 is 15.2 Å². The summed E-state index contributed by atoms with van der Waals surface area (Å²) in [6.45, 7) is 0. The zero-order valence-electron chi connectivity index (χ0n) is 11.1. The van der Waals surface area contributed by atoms with Crippen LogP contribution in [-0.2, 0) is 9.53 Å². The first-order valence-corrected chi connectivity index (χ1v) is 6.89. The van der Waals surface area contributed by atoms with Gasteiger partial charge in [-0.05, 0) is 45.8 Å². The molecule has 110 valence electrons. The molecular formula is C15H13BrFNO3. The fourth-order valence-corrected chi connectivity index (χ4v) is 2.29. The van der Waals surface area contributed by atoms with Gasteiger partial charge in [-0.3, -0.25) is 0 Å². The Bertz CT molecular complexity index is 643. The molecule has 21 heavy (non-hydrogen) atoms. The second kappa shape index (κ2) is 6.58. The van der Waals surface area contributed by atoms with Crippen molar-refractivity contribution in [2.75, 3.05) is 12.4 Å². The molecule has 4 nitrogen and oxygen atoms in total. The van der Waals surface area contributed by atoms with Crippen LogP contribution < -0.4 is 5.32 Å². The number of aromatic hydroxyl groups is 1. The van der Waals surface area contributed by atoms with Crippen molar-refractivity contribution in [1.29, 1.82) is 0 Å². The van der Waals surface area contributed by atoms with Crippen molar-refractivity contribution in [2.45, 2.75) is 6.04 Å². The Labute approximate surface area is 129 Å². The SMILES string of the molecule is COC(=O)C(Nc1ccccc1Br)c1cc(O)cc(F)c1. The molecule has 0 aliphatic carbocycles. The largest absolute Gasteiger partial charge is 0.508 e. The minimum atomic E-state index is -0.935. The normalized spacial score (nSPS) is 11.8. The van der Waals surface area contributed by atoms with Crippen LogP contribution in [0.2, 0.25) is 0 Å². The monoisotopic (exact) mass is 353 g/mol. The first kappa shape index (κ1) is 15.3. The van der Waals surface area contributed by atoms with Crippen LogP contribution in [0.15, 0.2) is 46.9 Å². The van der Waals surface area contributed by atoms with Crippen LogP contribution in [0.5, 0.6) is 5.75 Å². The lowest BCUT2D eigenvalue weighted by atomic mass is 10.1. The average Bonchev–Trinajstić information content (AvgIpc) is 2.44. The number of carbonyl (C=O) groups is 1. The van der Waals surface area contributed by atoms with Crippen LogP contribution >= 0.6 is 15.9 Å². The molecule has 6 heteroatoms. The van der Waals surface area contributed by atoms with Crippen LogP contribution in [0.3, 0.4) is 0 Å². The van der Waals surface area contributed by atoms with Gasteiger partial charge in [0.15, 0.2) is 6.04 Å². The third-order valence-electron chi connectivity index (χ3n) is 2.85. The highest BCUT2D eigenvalue weighted by atomic mass is 79.9. The number of phenols is 1. The van der Waals surface area contributed by atoms with Gasteiger partial charge in [0, 0.05) is 16.2 Å². The summed E-state index contributed by atoms with van der Waals surface area (Å²) in [4.78, 5) is 11.9. The number of rotatable bonds is 4. The quantitative estimate of drug-likeness (QED) is 0.824. The molecule has 2 rings (SSSR count). The lowest BCUT2D eigenvalue weighted by Gasteiger charge is -2.19. The van der Waals surface area contributed by atoms with E-state index in [-0.39, 0.29) is 11.3 Å². The molecule has 2 aromatic carbocycles. The fraction of sp³-hybridized carbons (Fsp3) is 0.133. The molecule has 0 aliphatic heterocycles. The van der Waals surface area contributed by atoms with Crippen LogP contribution in [0, 0.1) is 5.82 Å². The van der Waals surface area contributed by atoms with E-state index in [9.17, 15) is 14.3 Å². The van der Waals surface area contributed by atoms with E-state index in [2.05, 4.69) is 21.2 Å². The maximum atomic E-state index is 13.4. The maximum Gasteiger partial charge on any atom is 0.332 e. The summed E-state index contributed by atoms with van der Waals surface area (Å²) in [5.74, 6) is -1.48. The van der Waals surface area contributed by atoms with Crippen LogP contribution in [-0.4, -0.2) is 18.2 Å². The Morgan fingerprint density at radius 1 is 1.33 bits per heavy atom. The van der Waals surface area contributed by atoms with E-state index in [0.717, 1.165) is 10.5 Å². The zero-order valence-corrected chi connectivity index (χ0v) is 12.7. The van der Waals surface area contributed by atoms with Crippen molar-refractivity contribution in [2.24, 2.45) is 0 Å². The molecule has 0 heterocycles. The number of phenolic OH excluding ortho intramolecular Hbond substituents is 1. The summed E-state index contributed by atoms with van der Waals surface area (Å²) in [6, 6.07) is 9.71. The van der Waals surface area contributed by atoms with Crippen molar-refractivity contribution < 1.29 is 19.0 Å². The predicted molar refractivity (Wildman–Crippen MR) is 80.6 cm³/mol. The Kier molecular flexibility index (Phi) is 4.80. The first-order valence-electron chi connectivity index (χ1n) is 6.09. The average molecular weight is 354 g/mol. The second-order valence-corrected chi connectivity index (χ2v) is 5.18. The molecule has 0 fully saturated rings. The highest BCUT2D eigenvalue weighted by Crippen LogP contribution is 2.29. The predicted octanol–water partition coefficient (Wildman–Crippen LogP) is 3.62. The van der Waals surface area contributed by atoms with E-state index in [0.29, 0.717) is 5.69 Å². The van der Waals surface area contributed by atoms with Gasteiger partial charge >= 0.3 is 5.97 Å². The molecule has 0 bridgehead atoms. The number of hydrogen-bond donors (Lipinski definition) is 2. The van der Waals surface area contributed by atoms with Gasteiger partial charge in [0.1, 0.15) is 11.6 Å². The van der Waals surface area contributed by atoms with Gasteiger partial charge in [0.05, 0.1) is 7.11 Å². The van der Waals surface area contributed by atoms with E-state index in [1.54, 1.807) is 18.2 Å². The standard InChI is InChI=1S/C15H13BrFNO3/c1-21-15(20)14(9-6-10(17)8-11(19)7-9)18-13-5-3-2-4-12(13)16/h2-8,14,18-19H,1H3. The minimum absolute atomic E-state index is 0.257. The van der Waals surface area contributed by atoms with Crippen LogP contribution in [0.25, 0.3) is 0 Å². The summed E-state index contributed by atoms with van der Waals surface area (Å²) in [6.07, 6.45) is 0. The lowest BCUT2D eigenvalue weighted by Crippen LogP contribution is -2.22. The van der Waals surface area contributed by atoms with Crippen molar-refractivity contribution in [3.05, 3.63) is 58.3 Å². The minimum Gasteiger partial charge on any atom is -0.508 e. The number of esters is 1. The van der Waals surface area contributed by atoms with Gasteiger partial charge in [0.2, 0.25) is 0 Å². The molecule has 0 aromatic heterocycles. The Morgan fingerprint density at radius 3 is 2.67 bits per heavy atom. The Morgan fingerprint density at radius 2 is 2.05 bits per heavy atom. The molecular weight excluding hydrogens is 341 g/mol. The highest BCUT2D eigenvalue weighted by Gasteiger charge is 2.23. The maximum absolute atomic E-state index is 13.4. The molecule has 0 radical (unpaired) electrons. The topological polar surface area (TPSA) is 58.6 Å². The molecule has 1 unspecified atom stereocenters. The number of methoxy groups -OCH3 is 1. The van der Waals surface area contributed by atoms with Gasteiger partial charge in [-0.1, -0.05) is 12.1 Å². The van der Waals surface area contributed by atoms with Crippen LogP contribution in [0.4, 0.5) is 10.1 Å². The van der Waals surface area contributed by atoms with E-state index in [1.807, 2.05) is 6.07 Å². The second-order valence-electron chi connectivity index (χ2n) is 4.32. The lowest BCUT2D eigenvalue weighted by molar-refractivity contribution is -0.141. The molecule has 2 aromatic rings. The van der Waals surface area contributed by atoms with Crippen molar-refractivity contribution in [3.8, 4) is 5.75 Å². The van der Waals surface area contributed by atoms with Gasteiger partial charge in [-0.25, -0.2) is 9.18 Å². The molecule has 0 spiro atoms. The van der Waals surface area contributed by atoms with Crippen molar-refractivity contribution in [3.63, 3.8) is 0 Å². The molecule has 0 aliphatic rings. The third kappa shape index (κ3) is 3.72. The molecule has 0 amide bonds. The van der Waals surface area contributed by atoms with E-state index in [4.69, 9.17) is 4.74 Å². The zero-order chi connectivity index (χ0) is 15.4. The number of halogens is 2. The Balaban J connectivity index is 2.39. The van der Waals surface area contributed by atoms with Crippen molar-refractivity contribution >= 4 is 27.6 Å². The summed E-state index contributed by atoms with van der Waals surface area (Å²) >= 11 is 3.36. The number of benzene rings is 2. The summed E-state index contributed by atoms with van der Waals surface area (Å²) < 4.78 is 18.9. The van der Waals surface area contributed by atoms with Crippen molar-refractivity contribution in [1.82, 2.24) is 0 Å². The smallest absolute Gasteiger partial charge is 0.332 e. The van der Waals surface area contributed by atoms with Gasteiger partial charge in [-0.15, -0.1) is 0 Å². The van der Waals surface area contributed by atoms with E-state index in [1.165, 1.54) is 19.2 Å². The number of ether oxygens (including phenoxy) is 1. The first-order chi connectivity index (χ1) is 10.0. The number of anilines is 1. The number of hydrogen-bond acceptors (Lipinski definition) is 4. The fourth-order valence-electron chi connectivity index (χ4n) is 1.89. The summed E-state index contributed by atoms with van der Waals surface area (Å²) in [5, 5.41) is 12.5. The highest BCUT2D eigenvalue weighted by molar-refractivity contribution is 9.10. The summed E-state index contributed by atoms with van der Waals surface area (Å²) in [7, 11) is 1.25. The molecule has 0 saturated carbocycles. The van der Waals surface area contributed by atoms with Crippen LogP contribution in [0.1, 0.15) is 11.6 Å². The summed E-state index contributed by atoms with van der Waals surface area (Å²) in [5.41, 5.74) is 0.923. The number of carbonyl (C=O) groups excluding carboxylic acids is 1. The third-order valence-corrected chi connectivity index (χ3v) is 3.54. The van der Waals surface area contributed by atoms with Gasteiger partial charge in [0.25, 0.3) is 0 Å². The van der Waals surface area contributed by atoms with E-state index < -0.39 is 17.8 Å². The molecule has 2 N–H and O–H groups in total. The van der Waals surface area contributed by atoms with Gasteiger partial charge in [-0.2, -0.15) is 0 Å². The number of nitrogens with one attached hydrogen (secondary N) is 1. The number of para-hydroxylation sites is 1. The Hall–Kier alpha value is -2.08. The van der Waals surface area contributed by atoms with E-state index >= 15 is 0 Å². The molecule has 1 atom stereocenters.